The minimum absolute atomic E-state index is 0. The van der Waals surface area contributed by atoms with Gasteiger partial charge in [0.05, 0.1) is 141 Å². The number of likely N-dealkylation sites (N-methyl/N-ethyl adjacent to an activating group) is 3. The van der Waals surface area contributed by atoms with Crippen molar-refractivity contribution in [2.45, 2.75) is 97.7 Å². The largest absolute Gasteiger partial charge is 0.445 e. The average molecular weight is 2110 g/mol. The molecule has 6 aromatic rings. The van der Waals surface area contributed by atoms with Crippen molar-refractivity contribution in [3.63, 3.8) is 0 Å². The summed E-state index contributed by atoms with van der Waals surface area (Å²) in [5.74, 6) is -5.25. The third-order valence-electron chi connectivity index (χ3n) is 21.2. The number of nitrogens with zero attached hydrogens (tertiary/aromatic N) is 4. The van der Waals surface area contributed by atoms with Crippen LogP contribution in [0.4, 0.5) is 4.39 Å². The van der Waals surface area contributed by atoms with E-state index >= 15 is 0 Å². The van der Waals surface area contributed by atoms with Crippen LogP contribution in [0.3, 0.4) is 0 Å². The lowest BCUT2D eigenvalue weighted by atomic mass is 9.85. The van der Waals surface area contributed by atoms with Crippen molar-refractivity contribution in [1.29, 1.82) is 0 Å². The SMILES string of the molecule is C.CN1Cc2c(Cl)cc(Cl)cc2C(c2cccc(S(=O)(=O)CCCOCCOCCOCCN)c2)C1.CN1Cc2c(Cl)cc(Cl)cc2C(c2cccc(S(=O)(=O)NCCOCCOCCOCCNC(=O)COCC(=O)NCCOCCOCCOCCNS(=O)(=O)c3cccc(C4CN(C)Cc5c(Cl)cc(Cl)cc54)c3)c2)C1.O=C(COCC(=O)ON1C(=O)CCC1=O)OC1C(=O)CCC1=O.[2H]CF. The van der Waals surface area contributed by atoms with Crippen LogP contribution in [0.25, 0.3) is 0 Å². The fraction of sp³-hybridized carbons (Fsp3) is 0.522. The zero-order valence-corrected chi connectivity index (χ0v) is 83.2. The van der Waals surface area contributed by atoms with Gasteiger partial charge in [-0.2, -0.15) is 0 Å². The molecule has 4 aliphatic heterocycles. The van der Waals surface area contributed by atoms with E-state index in [1.165, 1.54) is 0 Å². The zero-order chi connectivity index (χ0) is 100. The van der Waals surface area contributed by atoms with Crippen LogP contribution in [-0.2, 0) is 150 Å². The van der Waals surface area contributed by atoms with Crippen molar-refractivity contribution in [2.24, 2.45) is 5.73 Å². The first-order valence-corrected chi connectivity index (χ1v) is 50.8. The van der Waals surface area contributed by atoms with E-state index < -0.39 is 103 Å². The van der Waals surface area contributed by atoms with Gasteiger partial charge in [-0.05, 0) is 150 Å². The number of sulfonamides is 2. The smallest absolute Gasteiger partial charge is 0.358 e. The fourth-order valence-electron chi connectivity index (χ4n) is 14.8. The highest BCUT2D eigenvalue weighted by atomic mass is 35.5. The molecule has 1 saturated carbocycles. The summed E-state index contributed by atoms with van der Waals surface area (Å²) in [4.78, 5) is 103. The molecule has 138 heavy (non-hydrogen) atoms. The first kappa shape index (κ1) is 116. The number of fused-ring (bicyclic) bond motifs is 3. The highest BCUT2D eigenvalue weighted by molar-refractivity contribution is 7.91. The lowest BCUT2D eigenvalue weighted by Crippen LogP contribution is -2.34. The summed E-state index contributed by atoms with van der Waals surface area (Å²) in [6.45, 7) is 9.12. The Hall–Kier alpha value is -7.48. The van der Waals surface area contributed by atoms with E-state index in [0.29, 0.717) is 132 Å². The minimum atomic E-state index is -3.79. The molecule has 36 nitrogen and oxygen atoms in total. The molecule has 0 radical (unpaired) electrons. The summed E-state index contributed by atoms with van der Waals surface area (Å²) in [7, 11) is -6.00. The first-order chi connectivity index (χ1) is 66.1. The number of Topliss-reactive ketones (excluding diaryl/α,β-unsaturated/α-hetero) is 2. The van der Waals surface area contributed by atoms with Crippen molar-refractivity contribution in [2.75, 3.05) is 232 Å². The summed E-state index contributed by atoms with van der Waals surface area (Å²) in [6.07, 6.45) is -1.01. The number of imide groups is 1. The van der Waals surface area contributed by atoms with Crippen LogP contribution in [0.2, 0.25) is 30.1 Å². The summed E-state index contributed by atoms with van der Waals surface area (Å²) in [5.41, 5.74) is 14.0. The van der Waals surface area contributed by atoms with E-state index in [4.69, 9.17) is 129 Å². The summed E-state index contributed by atoms with van der Waals surface area (Å²) < 4.78 is 163. The molecular formula is C92H122Cl6FN9O27S3. The number of hydroxylamine groups is 2. The van der Waals surface area contributed by atoms with Gasteiger partial charge in [-0.15, -0.1) is 5.06 Å². The maximum Gasteiger partial charge on any atom is 0.358 e. The number of esters is 1. The maximum atomic E-state index is 13.1. The van der Waals surface area contributed by atoms with Crippen LogP contribution >= 0.6 is 69.6 Å². The first-order valence-electron chi connectivity index (χ1n) is 44.6. The van der Waals surface area contributed by atoms with E-state index in [0.717, 1.165) is 63.2 Å². The van der Waals surface area contributed by atoms with E-state index in [1.807, 2.05) is 57.5 Å². The van der Waals surface area contributed by atoms with Crippen molar-refractivity contribution in [3.8, 4) is 0 Å². The van der Waals surface area contributed by atoms with Gasteiger partial charge in [0.15, 0.2) is 21.4 Å². The molecule has 0 bridgehead atoms. The van der Waals surface area contributed by atoms with Gasteiger partial charge in [0.25, 0.3) is 11.8 Å². The molecule has 6 N–H and O–H groups in total. The Labute approximate surface area is 836 Å². The number of nitrogens with two attached hydrogens (primary N) is 1. The van der Waals surface area contributed by atoms with Gasteiger partial charge in [-0.3, -0.25) is 33.2 Å². The molecule has 0 aromatic heterocycles. The highest BCUT2D eigenvalue weighted by Crippen LogP contribution is 2.43. The Balaban J connectivity index is 0.000000344. The highest BCUT2D eigenvalue weighted by Gasteiger charge is 2.38. The van der Waals surface area contributed by atoms with Gasteiger partial charge >= 0.3 is 11.9 Å². The number of carbonyl (C=O) groups excluding carboxylic acids is 8. The molecule has 3 atom stereocenters. The topological polar surface area (TPSA) is 446 Å². The Kier molecular flexibility index (Phi) is 51.6. The number of halogens is 7. The second-order valence-corrected chi connectivity index (χ2v) is 39.8. The number of carbonyl (C=O) groups is 8. The van der Waals surface area contributed by atoms with E-state index in [-0.39, 0.29) is 172 Å². The fourth-order valence-corrected chi connectivity index (χ4v) is 20.0. The number of benzene rings is 6. The molecular weight excluding hydrogens is 1990 g/mol. The third-order valence-corrected chi connectivity index (χ3v) is 27.6. The standard InChI is InChI=1S/C52H68Cl4N6O13S2.C25H34Cl2N2O5S.C13H13NO9.CH3F.CH4/c1-61-31-45(43-27-39(53)29-49(55)47(43)33-61)37-5-3-7-41(25-37)76(65,66)59-11-15-71-19-23-73-21-17-69-13-9-57-51(63)35-75-36-52(64)58-10-14-70-18-22-74-24-20-72-16-12-60-77(67,68)42-8-4-6-38(26-42)46-32-62(2)34-48-44(46)28-40(54)30-50(48)56;1-29-17-23(22-15-20(26)16-25(27)24(22)18-29)19-4-2-5-21(14-19)35(30,31)13-3-7-32-9-11-34-12-10-33-8-6-28;15-7-1-2-8(16)13(7)22-11(19)5-21-6-12(20)23-14-9(17)3-4-10(14)18;1-2;/h3-8,25-30,45-46,59-60H,9-24,31-36H2,1-2H3,(H,57,63)(H,58,64);2,4-5,14-16,23H,3,6-13,17-18,28H2,1H3;13H,1-6H2;1H3;1H4/i;;;1D;. The predicted octanol–water partition coefficient (Wildman–Crippen LogP) is 8.48. The molecule has 2 fully saturated rings. The van der Waals surface area contributed by atoms with Crippen LogP contribution in [0.5, 0.6) is 0 Å². The minimum Gasteiger partial charge on any atom is -0.445 e. The summed E-state index contributed by atoms with van der Waals surface area (Å²) in [6, 6.07) is 31.9. The quantitative estimate of drug-likeness (QED) is 0.0103. The number of ether oxygens (including phenoxy) is 12. The molecule has 764 valence electrons. The number of ketones is 2. The van der Waals surface area contributed by atoms with Gasteiger partial charge in [-0.1, -0.05) is 113 Å². The number of amides is 4. The normalized spacial score (nSPS) is 16.4. The zero-order valence-electron chi connectivity index (χ0n) is 77.2. The van der Waals surface area contributed by atoms with Crippen LogP contribution in [0.15, 0.2) is 124 Å². The van der Waals surface area contributed by atoms with Gasteiger partial charge in [0, 0.05) is 152 Å². The number of hydrogen-bond acceptors (Lipinski definition) is 31. The van der Waals surface area contributed by atoms with Crippen LogP contribution in [0.1, 0.15) is 109 Å². The number of sulfone groups is 1. The molecule has 46 heteroatoms. The Morgan fingerprint density at radius 3 is 1.13 bits per heavy atom. The average Bonchev–Trinajstić information content (AvgIpc) is 1.37. The molecule has 3 unspecified atom stereocenters. The van der Waals surface area contributed by atoms with Crippen LogP contribution < -0.4 is 25.8 Å². The van der Waals surface area contributed by atoms with Crippen molar-refractivity contribution >= 4 is 147 Å². The van der Waals surface area contributed by atoms with Gasteiger partial charge in [0.1, 0.15) is 26.4 Å². The van der Waals surface area contributed by atoms with E-state index in [2.05, 4.69) is 44.4 Å². The van der Waals surface area contributed by atoms with Gasteiger partial charge in [-0.25, -0.2) is 44.3 Å². The Morgan fingerprint density at radius 1 is 0.428 bits per heavy atom. The van der Waals surface area contributed by atoms with Gasteiger partial charge in [0.2, 0.25) is 38.0 Å². The molecule has 6 aromatic carbocycles. The summed E-state index contributed by atoms with van der Waals surface area (Å²) in [5, 5.41) is 9.11. The number of rotatable bonds is 54. The molecule has 1 saturated heterocycles. The maximum absolute atomic E-state index is 13.1. The lowest BCUT2D eigenvalue weighted by molar-refractivity contribution is -0.200. The van der Waals surface area contributed by atoms with Crippen LogP contribution in [-0.4, -0.2) is 330 Å². The Bertz CT molecular complexity index is 5100. The summed E-state index contributed by atoms with van der Waals surface area (Å²) >= 11 is 38.4. The molecule has 5 aliphatic rings. The van der Waals surface area contributed by atoms with Crippen LogP contribution in [0, 0.1) is 0 Å². The van der Waals surface area contributed by atoms with Crippen molar-refractivity contribution in [1.82, 2.24) is 39.8 Å². The van der Waals surface area contributed by atoms with E-state index in [1.54, 1.807) is 72.8 Å². The van der Waals surface area contributed by atoms with Crippen molar-refractivity contribution in [3.05, 3.63) is 189 Å². The monoisotopic (exact) mass is 2110 g/mol. The lowest BCUT2D eigenvalue weighted by Gasteiger charge is -2.33. The second-order valence-electron chi connectivity index (χ2n) is 31.6. The van der Waals surface area contributed by atoms with Crippen molar-refractivity contribution < 1.29 is 131 Å². The number of nitrogens with one attached hydrogen (secondary N) is 4. The number of alkyl halides is 1. The molecule has 4 amide bonds. The predicted molar refractivity (Wildman–Crippen MR) is 514 cm³/mol. The Morgan fingerprint density at radius 2 is 0.754 bits per heavy atom. The molecule has 1 aliphatic carbocycles. The molecule has 11 rings (SSSR count). The molecule has 0 spiro atoms. The van der Waals surface area contributed by atoms with Gasteiger partial charge < -0.3 is 92.7 Å². The second kappa shape index (κ2) is 61.5. The molecule has 4 heterocycles. The third kappa shape index (κ3) is 39.3. The van der Waals surface area contributed by atoms with E-state index in [9.17, 15) is 68.0 Å². The number of hydrogen-bond donors (Lipinski definition) is 5.